The minimum atomic E-state index is -0.0226. The number of carbonyl (C=O) groups excluding carboxylic acids is 1. The lowest BCUT2D eigenvalue weighted by Crippen LogP contribution is -2.45. The molecule has 21 heavy (non-hydrogen) atoms. The number of hydrogen-bond donors (Lipinski definition) is 2. The summed E-state index contributed by atoms with van der Waals surface area (Å²) < 4.78 is 0. The summed E-state index contributed by atoms with van der Waals surface area (Å²) in [5.74, 6) is -0.0226. The Balaban J connectivity index is 1.74. The van der Waals surface area contributed by atoms with Crippen LogP contribution in [-0.4, -0.2) is 30.0 Å². The van der Waals surface area contributed by atoms with Crippen LogP contribution in [0.1, 0.15) is 28.9 Å². The van der Waals surface area contributed by atoms with Crippen molar-refractivity contribution in [3.8, 4) is 11.3 Å². The zero-order valence-electron chi connectivity index (χ0n) is 12.1. The standard InChI is InChI=1S/C16H19N3OS/c1-11-14(16(20)19-13-3-2-7-17-9-13)4-5-15(18-11)12-6-8-21-10-12/h4-6,8,10,13,17H,2-3,7,9H2,1H3,(H,19,20). The number of piperidine rings is 1. The number of nitrogens with one attached hydrogen (secondary N) is 2. The topological polar surface area (TPSA) is 54.0 Å². The Kier molecular flexibility index (Phi) is 4.31. The number of aryl methyl sites for hydroxylation is 1. The molecule has 0 saturated carbocycles. The maximum atomic E-state index is 12.4. The molecule has 1 aliphatic rings. The first kappa shape index (κ1) is 14.2. The first-order chi connectivity index (χ1) is 10.2. The van der Waals surface area contributed by atoms with Crippen molar-refractivity contribution in [3.63, 3.8) is 0 Å². The zero-order valence-corrected chi connectivity index (χ0v) is 12.9. The lowest BCUT2D eigenvalue weighted by atomic mass is 10.1. The van der Waals surface area contributed by atoms with Crippen LogP contribution in [0.4, 0.5) is 0 Å². The molecule has 0 aliphatic carbocycles. The molecule has 2 N–H and O–H groups in total. The van der Waals surface area contributed by atoms with Crippen LogP contribution in [0.5, 0.6) is 0 Å². The molecule has 1 saturated heterocycles. The van der Waals surface area contributed by atoms with Crippen LogP contribution in [-0.2, 0) is 0 Å². The van der Waals surface area contributed by atoms with Gasteiger partial charge in [-0.1, -0.05) is 0 Å². The maximum Gasteiger partial charge on any atom is 0.253 e. The van der Waals surface area contributed by atoms with Gasteiger partial charge in [-0.25, -0.2) is 0 Å². The van der Waals surface area contributed by atoms with E-state index in [1.807, 2.05) is 30.5 Å². The highest BCUT2D eigenvalue weighted by Gasteiger charge is 2.18. The molecule has 0 radical (unpaired) electrons. The normalized spacial score (nSPS) is 18.4. The van der Waals surface area contributed by atoms with E-state index in [1.54, 1.807) is 11.3 Å². The molecule has 3 heterocycles. The van der Waals surface area contributed by atoms with E-state index in [9.17, 15) is 4.79 Å². The molecule has 1 atom stereocenters. The Bertz CT molecular complexity index is 618. The second-order valence-electron chi connectivity index (χ2n) is 5.36. The van der Waals surface area contributed by atoms with Gasteiger partial charge >= 0.3 is 0 Å². The largest absolute Gasteiger partial charge is 0.348 e. The van der Waals surface area contributed by atoms with Gasteiger partial charge < -0.3 is 10.6 Å². The summed E-state index contributed by atoms with van der Waals surface area (Å²) in [6.45, 7) is 3.79. The minimum absolute atomic E-state index is 0.0226. The fourth-order valence-corrected chi connectivity index (χ4v) is 3.26. The van der Waals surface area contributed by atoms with Gasteiger partial charge in [-0.3, -0.25) is 9.78 Å². The van der Waals surface area contributed by atoms with Crippen LogP contribution in [0.3, 0.4) is 0 Å². The van der Waals surface area contributed by atoms with E-state index in [0.29, 0.717) is 5.56 Å². The van der Waals surface area contributed by atoms with Crippen molar-refractivity contribution in [1.29, 1.82) is 0 Å². The summed E-state index contributed by atoms with van der Waals surface area (Å²) in [5, 5.41) is 10.5. The summed E-state index contributed by atoms with van der Waals surface area (Å²) in [7, 11) is 0. The van der Waals surface area contributed by atoms with Crippen LogP contribution < -0.4 is 10.6 Å². The molecule has 4 nitrogen and oxygen atoms in total. The number of rotatable bonds is 3. The third-order valence-corrected chi connectivity index (χ3v) is 4.46. The van der Waals surface area contributed by atoms with Crippen LogP contribution in [0.15, 0.2) is 29.0 Å². The van der Waals surface area contributed by atoms with Crippen molar-refractivity contribution in [2.75, 3.05) is 13.1 Å². The molecule has 5 heteroatoms. The second kappa shape index (κ2) is 6.37. The average molecular weight is 301 g/mol. The smallest absolute Gasteiger partial charge is 0.253 e. The molecule has 1 amide bonds. The first-order valence-corrected chi connectivity index (χ1v) is 8.20. The molecule has 1 unspecified atom stereocenters. The fraction of sp³-hybridized carbons (Fsp3) is 0.375. The van der Waals surface area contributed by atoms with Crippen LogP contribution in [0, 0.1) is 6.92 Å². The van der Waals surface area contributed by atoms with E-state index >= 15 is 0 Å². The molecule has 1 aliphatic heterocycles. The van der Waals surface area contributed by atoms with Gasteiger partial charge in [0.2, 0.25) is 0 Å². The molecular formula is C16H19N3OS. The third kappa shape index (κ3) is 3.31. The lowest BCUT2D eigenvalue weighted by molar-refractivity contribution is 0.0929. The summed E-state index contributed by atoms with van der Waals surface area (Å²) in [6.07, 6.45) is 2.15. The number of thiophene rings is 1. The average Bonchev–Trinajstić information content (AvgIpc) is 3.02. The van der Waals surface area contributed by atoms with Crippen molar-refractivity contribution >= 4 is 17.2 Å². The van der Waals surface area contributed by atoms with E-state index in [0.717, 1.165) is 42.9 Å². The summed E-state index contributed by atoms with van der Waals surface area (Å²) in [5.41, 5.74) is 3.47. The number of pyridine rings is 1. The Labute approximate surface area is 128 Å². The van der Waals surface area contributed by atoms with E-state index in [-0.39, 0.29) is 11.9 Å². The highest BCUT2D eigenvalue weighted by atomic mass is 32.1. The minimum Gasteiger partial charge on any atom is -0.348 e. The van der Waals surface area contributed by atoms with E-state index in [4.69, 9.17) is 0 Å². The van der Waals surface area contributed by atoms with Gasteiger partial charge in [0, 0.05) is 23.5 Å². The third-order valence-electron chi connectivity index (χ3n) is 3.78. The molecule has 0 spiro atoms. The van der Waals surface area contributed by atoms with E-state index in [1.165, 1.54) is 0 Å². The number of carbonyl (C=O) groups is 1. The molecule has 1 fully saturated rings. The Morgan fingerprint density at radius 2 is 2.33 bits per heavy atom. The van der Waals surface area contributed by atoms with Gasteiger partial charge in [-0.2, -0.15) is 11.3 Å². The Morgan fingerprint density at radius 1 is 1.43 bits per heavy atom. The zero-order chi connectivity index (χ0) is 14.7. The molecule has 0 aromatic carbocycles. The lowest BCUT2D eigenvalue weighted by Gasteiger charge is -2.24. The van der Waals surface area contributed by atoms with Crippen LogP contribution in [0.25, 0.3) is 11.3 Å². The fourth-order valence-electron chi connectivity index (χ4n) is 2.61. The van der Waals surface area contributed by atoms with Crippen molar-refractivity contribution in [2.45, 2.75) is 25.8 Å². The predicted octanol–water partition coefficient (Wildman–Crippen LogP) is 2.60. The van der Waals surface area contributed by atoms with Gasteiger partial charge in [0.05, 0.1) is 17.0 Å². The van der Waals surface area contributed by atoms with Gasteiger partial charge in [0.15, 0.2) is 0 Å². The quantitative estimate of drug-likeness (QED) is 0.916. The molecular weight excluding hydrogens is 282 g/mol. The first-order valence-electron chi connectivity index (χ1n) is 7.26. The van der Waals surface area contributed by atoms with Gasteiger partial charge in [0.25, 0.3) is 5.91 Å². The number of nitrogens with zero attached hydrogens (tertiary/aromatic N) is 1. The van der Waals surface area contributed by atoms with Crippen molar-refractivity contribution in [3.05, 3.63) is 40.2 Å². The summed E-state index contributed by atoms with van der Waals surface area (Å²) >= 11 is 1.65. The molecule has 110 valence electrons. The Morgan fingerprint density at radius 3 is 3.00 bits per heavy atom. The van der Waals surface area contributed by atoms with Gasteiger partial charge in [0.1, 0.15) is 0 Å². The molecule has 2 aromatic rings. The van der Waals surface area contributed by atoms with Crippen molar-refractivity contribution in [1.82, 2.24) is 15.6 Å². The Hall–Kier alpha value is -1.72. The van der Waals surface area contributed by atoms with Crippen molar-refractivity contribution < 1.29 is 4.79 Å². The van der Waals surface area contributed by atoms with Crippen LogP contribution >= 0.6 is 11.3 Å². The number of hydrogen-bond acceptors (Lipinski definition) is 4. The second-order valence-corrected chi connectivity index (χ2v) is 6.14. The number of amides is 1. The maximum absolute atomic E-state index is 12.4. The number of aromatic nitrogens is 1. The summed E-state index contributed by atoms with van der Waals surface area (Å²) in [4.78, 5) is 16.9. The van der Waals surface area contributed by atoms with Crippen LogP contribution in [0.2, 0.25) is 0 Å². The molecule has 0 bridgehead atoms. The van der Waals surface area contributed by atoms with E-state index < -0.39 is 0 Å². The summed E-state index contributed by atoms with van der Waals surface area (Å²) in [6, 6.07) is 6.06. The highest BCUT2D eigenvalue weighted by Crippen LogP contribution is 2.21. The van der Waals surface area contributed by atoms with Gasteiger partial charge in [-0.15, -0.1) is 0 Å². The monoisotopic (exact) mass is 301 g/mol. The van der Waals surface area contributed by atoms with E-state index in [2.05, 4.69) is 21.0 Å². The predicted molar refractivity (Wildman–Crippen MR) is 85.6 cm³/mol. The van der Waals surface area contributed by atoms with Crippen molar-refractivity contribution in [2.24, 2.45) is 0 Å². The highest BCUT2D eigenvalue weighted by molar-refractivity contribution is 7.08. The SMILES string of the molecule is Cc1nc(-c2ccsc2)ccc1C(=O)NC1CCCNC1. The van der Waals surface area contributed by atoms with Gasteiger partial charge in [-0.05, 0) is 49.9 Å². The molecule has 3 rings (SSSR count). The molecule has 2 aromatic heterocycles.